The summed E-state index contributed by atoms with van der Waals surface area (Å²) in [5, 5.41) is 2.93. The van der Waals surface area contributed by atoms with Gasteiger partial charge in [0, 0.05) is 17.1 Å². The van der Waals surface area contributed by atoms with Crippen molar-refractivity contribution in [2.45, 2.75) is 59.7 Å². The van der Waals surface area contributed by atoms with Crippen molar-refractivity contribution in [1.29, 1.82) is 0 Å². The second kappa shape index (κ2) is 11.2. The molecule has 2 amide bonds. The molecule has 0 aromatic heterocycles. The molecule has 0 fully saturated rings. The normalized spacial score (nSPS) is 11.8. The maximum Gasteiger partial charge on any atom is 0.261 e. The lowest BCUT2D eigenvalue weighted by molar-refractivity contribution is -0.143. The molecule has 1 N–H and O–H groups in total. The molecule has 30 heavy (non-hydrogen) atoms. The zero-order valence-electron chi connectivity index (χ0n) is 18.4. The Morgan fingerprint density at radius 1 is 1.13 bits per heavy atom. The highest BCUT2D eigenvalue weighted by atomic mass is 79.9. The Labute approximate surface area is 187 Å². The number of halogens is 1. The monoisotopic (exact) mass is 474 g/mol. The van der Waals surface area contributed by atoms with E-state index in [-0.39, 0.29) is 24.5 Å². The molecule has 0 saturated carbocycles. The predicted octanol–water partition coefficient (Wildman–Crippen LogP) is 4.78. The van der Waals surface area contributed by atoms with Gasteiger partial charge in [-0.05, 0) is 63.4 Å². The molecule has 0 spiro atoms. The van der Waals surface area contributed by atoms with E-state index in [2.05, 4.69) is 21.2 Å². The number of carbonyl (C=O) groups is 2. The third-order valence-electron chi connectivity index (χ3n) is 4.74. The molecule has 2 rings (SSSR count). The zero-order valence-corrected chi connectivity index (χ0v) is 20.0. The zero-order chi connectivity index (χ0) is 22.3. The van der Waals surface area contributed by atoms with E-state index in [1.54, 1.807) is 4.90 Å². The van der Waals surface area contributed by atoms with E-state index in [1.165, 1.54) is 0 Å². The molecule has 0 aliphatic heterocycles. The average Bonchev–Trinajstić information content (AvgIpc) is 2.68. The fourth-order valence-corrected chi connectivity index (χ4v) is 3.49. The minimum Gasteiger partial charge on any atom is -0.484 e. The van der Waals surface area contributed by atoms with Crippen molar-refractivity contribution in [3.8, 4) is 5.75 Å². The van der Waals surface area contributed by atoms with Crippen molar-refractivity contribution < 1.29 is 14.3 Å². The van der Waals surface area contributed by atoms with Crippen LogP contribution in [0.3, 0.4) is 0 Å². The number of rotatable bonds is 9. The van der Waals surface area contributed by atoms with Crippen LogP contribution in [0.2, 0.25) is 0 Å². The first kappa shape index (κ1) is 23.9. The van der Waals surface area contributed by atoms with Gasteiger partial charge in [-0.25, -0.2) is 0 Å². The van der Waals surface area contributed by atoms with Gasteiger partial charge in [0.1, 0.15) is 11.8 Å². The Hall–Kier alpha value is -2.34. The fraction of sp³-hybridized carbons (Fsp3) is 0.417. The molecule has 0 radical (unpaired) electrons. The third-order valence-corrected chi connectivity index (χ3v) is 5.63. The summed E-state index contributed by atoms with van der Waals surface area (Å²) in [6.45, 7) is 9.95. The van der Waals surface area contributed by atoms with Crippen LogP contribution in [0.25, 0.3) is 0 Å². The van der Waals surface area contributed by atoms with Gasteiger partial charge in [0.05, 0.1) is 0 Å². The van der Waals surface area contributed by atoms with Crippen LogP contribution in [0.15, 0.2) is 46.9 Å². The van der Waals surface area contributed by atoms with Crippen molar-refractivity contribution in [3.05, 3.63) is 63.6 Å². The van der Waals surface area contributed by atoms with Crippen molar-refractivity contribution in [2.24, 2.45) is 0 Å². The molecule has 5 nitrogen and oxygen atoms in total. The molecule has 1 atom stereocenters. The Morgan fingerprint density at radius 3 is 2.47 bits per heavy atom. The molecular weight excluding hydrogens is 444 g/mol. The van der Waals surface area contributed by atoms with E-state index in [4.69, 9.17) is 4.74 Å². The molecule has 0 aliphatic rings. The third kappa shape index (κ3) is 6.87. The van der Waals surface area contributed by atoms with Gasteiger partial charge < -0.3 is 15.0 Å². The number of hydrogen-bond acceptors (Lipinski definition) is 3. The summed E-state index contributed by atoms with van der Waals surface area (Å²) in [5.74, 6) is 0.259. The number of ether oxygens (including phenoxy) is 1. The molecule has 2 aromatic rings. The number of hydrogen-bond donors (Lipinski definition) is 1. The number of nitrogens with zero attached hydrogens (tertiary/aromatic N) is 1. The molecule has 0 heterocycles. The van der Waals surface area contributed by atoms with Crippen LogP contribution in [-0.4, -0.2) is 35.4 Å². The Kier molecular flexibility index (Phi) is 8.90. The van der Waals surface area contributed by atoms with Crippen LogP contribution in [0.5, 0.6) is 5.75 Å². The minimum absolute atomic E-state index is 0.00413. The van der Waals surface area contributed by atoms with Gasteiger partial charge >= 0.3 is 0 Å². The SMILES string of the molecule is CC[C@H](C(=O)NC(C)C)N(Cc1cccc(C)c1)C(=O)COc1ccc(Br)c(C)c1. The van der Waals surface area contributed by atoms with E-state index in [0.717, 1.165) is 21.2 Å². The molecule has 6 heteroatoms. The first-order valence-electron chi connectivity index (χ1n) is 10.3. The van der Waals surface area contributed by atoms with Crippen molar-refractivity contribution >= 4 is 27.7 Å². The summed E-state index contributed by atoms with van der Waals surface area (Å²) in [4.78, 5) is 27.6. The standard InChI is InChI=1S/C24H31BrN2O3/c1-6-22(24(29)26-16(2)3)27(14-19-9-7-8-17(4)12-19)23(28)15-30-20-10-11-21(25)18(5)13-20/h7-13,16,22H,6,14-15H2,1-5H3,(H,26,29)/t22-/m1/s1. The highest BCUT2D eigenvalue weighted by molar-refractivity contribution is 9.10. The van der Waals surface area contributed by atoms with Crippen LogP contribution >= 0.6 is 15.9 Å². The van der Waals surface area contributed by atoms with Gasteiger partial charge in [-0.1, -0.05) is 52.7 Å². The topological polar surface area (TPSA) is 58.6 Å². The second-order valence-electron chi connectivity index (χ2n) is 7.80. The Morgan fingerprint density at radius 2 is 1.87 bits per heavy atom. The molecule has 0 aliphatic carbocycles. The van der Waals surface area contributed by atoms with Gasteiger partial charge in [0.15, 0.2) is 6.61 Å². The predicted molar refractivity (Wildman–Crippen MR) is 123 cm³/mol. The van der Waals surface area contributed by atoms with Gasteiger partial charge in [-0.3, -0.25) is 9.59 Å². The molecule has 162 valence electrons. The highest BCUT2D eigenvalue weighted by Gasteiger charge is 2.29. The number of amides is 2. The van der Waals surface area contributed by atoms with Crippen molar-refractivity contribution in [3.63, 3.8) is 0 Å². The average molecular weight is 475 g/mol. The smallest absolute Gasteiger partial charge is 0.261 e. The lowest BCUT2D eigenvalue weighted by atomic mass is 10.1. The highest BCUT2D eigenvalue weighted by Crippen LogP contribution is 2.22. The van der Waals surface area contributed by atoms with Gasteiger partial charge in [0.25, 0.3) is 5.91 Å². The second-order valence-corrected chi connectivity index (χ2v) is 8.65. The van der Waals surface area contributed by atoms with Crippen LogP contribution in [-0.2, 0) is 16.1 Å². The Bertz CT molecular complexity index is 883. The molecular formula is C24H31BrN2O3. The molecule has 0 bridgehead atoms. The quantitative estimate of drug-likeness (QED) is 0.568. The van der Waals surface area contributed by atoms with Crippen LogP contribution < -0.4 is 10.1 Å². The van der Waals surface area contributed by atoms with E-state index < -0.39 is 6.04 Å². The summed E-state index contributed by atoms with van der Waals surface area (Å²) in [5.41, 5.74) is 3.12. The number of aryl methyl sites for hydroxylation is 2. The summed E-state index contributed by atoms with van der Waals surface area (Å²) in [7, 11) is 0. The Balaban J connectivity index is 2.22. The molecule has 2 aromatic carbocycles. The molecule has 0 saturated heterocycles. The first-order chi connectivity index (χ1) is 14.2. The maximum atomic E-state index is 13.2. The number of carbonyl (C=O) groups excluding carboxylic acids is 2. The van der Waals surface area contributed by atoms with Gasteiger partial charge in [0.2, 0.25) is 5.91 Å². The number of benzene rings is 2. The van der Waals surface area contributed by atoms with Crippen LogP contribution in [0, 0.1) is 13.8 Å². The van der Waals surface area contributed by atoms with Crippen LogP contribution in [0.4, 0.5) is 0 Å². The van der Waals surface area contributed by atoms with E-state index in [0.29, 0.717) is 18.7 Å². The minimum atomic E-state index is -0.560. The van der Waals surface area contributed by atoms with Crippen molar-refractivity contribution in [1.82, 2.24) is 10.2 Å². The van der Waals surface area contributed by atoms with E-state index in [9.17, 15) is 9.59 Å². The largest absolute Gasteiger partial charge is 0.484 e. The molecule has 0 unspecified atom stereocenters. The fourth-order valence-electron chi connectivity index (χ4n) is 3.24. The summed E-state index contributed by atoms with van der Waals surface area (Å²) < 4.78 is 6.74. The maximum absolute atomic E-state index is 13.2. The van der Waals surface area contributed by atoms with E-state index in [1.807, 2.05) is 77.1 Å². The van der Waals surface area contributed by atoms with Crippen LogP contribution in [0.1, 0.15) is 43.9 Å². The summed E-state index contributed by atoms with van der Waals surface area (Å²) in [6.07, 6.45) is 0.521. The lowest BCUT2D eigenvalue weighted by Crippen LogP contribution is -2.51. The summed E-state index contributed by atoms with van der Waals surface area (Å²) in [6, 6.07) is 13.0. The van der Waals surface area contributed by atoms with Crippen molar-refractivity contribution in [2.75, 3.05) is 6.61 Å². The summed E-state index contributed by atoms with van der Waals surface area (Å²) >= 11 is 3.46. The van der Waals surface area contributed by atoms with Gasteiger partial charge in [-0.15, -0.1) is 0 Å². The lowest BCUT2D eigenvalue weighted by Gasteiger charge is -2.31. The first-order valence-corrected chi connectivity index (χ1v) is 11.0. The number of nitrogens with one attached hydrogen (secondary N) is 1. The van der Waals surface area contributed by atoms with Gasteiger partial charge in [-0.2, -0.15) is 0 Å². The van der Waals surface area contributed by atoms with E-state index >= 15 is 0 Å².